The van der Waals surface area contributed by atoms with Crippen LogP contribution in [0.2, 0.25) is 0 Å². The van der Waals surface area contributed by atoms with Crippen molar-refractivity contribution >= 4 is 14.9 Å². The first-order valence-corrected chi connectivity index (χ1v) is 5.26. The highest BCUT2D eigenvalue weighted by molar-refractivity contribution is 6.68. The standard InChI is InChI=1S/C7H13NO4Si/c1-7(5-8-6-9)13(10-2,11-3)12-4/h1,5H2,2-4H3. The molecule has 13 heavy (non-hydrogen) atoms. The third-order valence-electron chi connectivity index (χ3n) is 1.57. The van der Waals surface area contributed by atoms with E-state index in [1.165, 1.54) is 27.4 Å². The Bertz CT molecular complexity index is 212. The van der Waals surface area contributed by atoms with Gasteiger partial charge in [-0.2, -0.15) is 0 Å². The van der Waals surface area contributed by atoms with Crippen LogP contribution < -0.4 is 0 Å². The topological polar surface area (TPSA) is 57.1 Å². The lowest BCUT2D eigenvalue weighted by atomic mass is 10.6. The van der Waals surface area contributed by atoms with Crippen molar-refractivity contribution in [3.63, 3.8) is 0 Å². The smallest absolute Gasteiger partial charge is 0.374 e. The molecule has 6 heteroatoms. The van der Waals surface area contributed by atoms with Gasteiger partial charge >= 0.3 is 8.80 Å². The van der Waals surface area contributed by atoms with E-state index in [0.29, 0.717) is 5.20 Å². The van der Waals surface area contributed by atoms with Gasteiger partial charge in [0.05, 0.1) is 6.54 Å². The van der Waals surface area contributed by atoms with Gasteiger partial charge in [-0.05, 0) is 0 Å². The highest BCUT2D eigenvalue weighted by Gasteiger charge is 2.41. The zero-order valence-corrected chi connectivity index (χ0v) is 8.99. The fourth-order valence-electron chi connectivity index (χ4n) is 0.908. The summed E-state index contributed by atoms with van der Waals surface area (Å²) in [4.78, 5) is 13.2. The molecule has 0 atom stereocenters. The third-order valence-corrected chi connectivity index (χ3v) is 4.21. The Labute approximate surface area is 78.4 Å². The second-order valence-corrected chi connectivity index (χ2v) is 5.22. The Morgan fingerprint density at radius 3 is 2.15 bits per heavy atom. The molecule has 0 radical (unpaired) electrons. The van der Waals surface area contributed by atoms with Crippen LogP contribution in [0.15, 0.2) is 16.8 Å². The highest BCUT2D eigenvalue weighted by Crippen LogP contribution is 2.15. The van der Waals surface area contributed by atoms with Gasteiger partial charge in [-0.1, -0.05) is 6.58 Å². The van der Waals surface area contributed by atoms with Gasteiger partial charge in [-0.15, -0.1) is 0 Å². The molecule has 0 bridgehead atoms. The number of aliphatic imine (C=N–C) groups is 1. The van der Waals surface area contributed by atoms with Crippen molar-refractivity contribution < 1.29 is 18.1 Å². The lowest BCUT2D eigenvalue weighted by Gasteiger charge is -2.24. The Balaban J connectivity index is 4.52. The molecule has 0 aliphatic carbocycles. The van der Waals surface area contributed by atoms with Crippen molar-refractivity contribution in [3.05, 3.63) is 11.8 Å². The first-order chi connectivity index (χ1) is 6.16. The number of isocyanates is 1. The Kier molecular flexibility index (Phi) is 5.44. The molecule has 0 heterocycles. The first-order valence-electron chi connectivity index (χ1n) is 3.54. The molecule has 0 unspecified atom stereocenters. The summed E-state index contributed by atoms with van der Waals surface area (Å²) < 4.78 is 15.3. The molecular weight excluding hydrogens is 190 g/mol. The van der Waals surface area contributed by atoms with Crippen LogP contribution in [-0.4, -0.2) is 42.8 Å². The van der Waals surface area contributed by atoms with Gasteiger partial charge in [0, 0.05) is 26.5 Å². The lowest BCUT2D eigenvalue weighted by Crippen LogP contribution is -2.46. The normalized spacial score (nSPS) is 10.7. The van der Waals surface area contributed by atoms with Crippen LogP contribution in [0.3, 0.4) is 0 Å². The molecule has 0 aromatic carbocycles. The largest absolute Gasteiger partial charge is 0.533 e. The molecule has 0 amide bonds. The summed E-state index contributed by atoms with van der Waals surface area (Å²) in [6.45, 7) is 3.81. The maximum Gasteiger partial charge on any atom is 0.533 e. The summed E-state index contributed by atoms with van der Waals surface area (Å²) in [5.74, 6) is 0. The minimum Gasteiger partial charge on any atom is -0.374 e. The quantitative estimate of drug-likeness (QED) is 0.354. The molecule has 0 rings (SSSR count). The molecule has 5 nitrogen and oxygen atoms in total. The lowest BCUT2D eigenvalue weighted by molar-refractivity contribution is 0.134. The number of carbonyl (C=O) groups excluding carboxylic acids is 1. The molecule has 0 spiro atoms. The highest BCUT2D eigenvalue weighted by atomic mass is 28.4. The summed E-state index contributed by atoms with van der Waals surface area (Å²) in [5, 5.41) is 0.531. The molecule has 0 N–H and O–H groups in total. The van der Waals surface area contributed by atoms with E-state index in [9.17, 15) is 4.79 Å². The predicted molar refractivity (Wildman–Crippen MR) is 48.9 cm³/mol. The van der Waals surface area contributed by atoms with E-state index >= 15 is 0 Å². The summed E-state index contributed by atoms with van der Waals surface area (Å²) in [7, 11) is 1.58. The zero-order valence-electron chi connectivity index (χ0n) is 7.99. The van der Waals surface area contributed by atoms with Gasteiger partial charge < -0.3 is 13.3 Å². The summed E-state index contributed by atoms with van der Waals surface area (Å²) in [5.41, 5.74) is 0. The number of rotatable bonds is 6. The predicted octanol–water partition coefficient (Wildman–Crippen LogP) is 0.296. The van der Waals surface area contributed by atoms with Crippen molar-refractivity contribution in [2.75, 3.05) is 27.9 Å². The van der Waals surface area contributed by atoms with Crippen LogP contribution in [0, 0.1) is 0 Å². The fourth-order valence-corrected chi connectivity index (χ4v) is 2.55. The molecular formula is C7H13NO4Si. The van der Waals surface area contributed by atoms with E-state index < -0.39 is 8.80 Å². The van der Waals surface area contributed by atoms with Crippen LogP contribution in [0.5, 0.6) is 0 Å². The van der Waals surface area contributed by atoms with E-state index in [1.54, 1.807) is 0 Å². The molecule has 0 aliphatic rings. The van der Waals surface area contributed by atoms with Gasteiger partial charge in [0.1, 0.15) is 0 Å². The number of hydrogen-bond donors (Lipinski definition) is 0. The maximum absolute atomic E-state index is 9.86. The molecule has 0 fully saturated rings. The zero-order chi connectivity index (χ0) is 10.3. The van der Waals surface area contributed by atoms with Gasteiger partial charge in [-0.3, -0.25) is 0 Å². The molecule has 0 saturated carbocycles. The van der Waals surface area contributed by atoms with Crippen molar-refractivity contribution in [2.24, 2.45) is 4.99 Å². The van der Waals surface area contributed by atoms with Gasteiger partial charge in [0.2, 0.25) is 6.08 Å². The van der Waals surface area contributed by atoms with Gasteiger partial charge in [-0.25, -0.2) is 9.79 Å². The molecule has 0 aromatic rings. The van der Waals surface area contributed by atoms with Crippen LogP contribution in [0.4, 0.5) is 0 Å². The average molecular weight is 203 g/mol. The minimum absolute atomic E-state index is 0.116. The van der Waals surface area contributed by atoms with E-state index in [1.807, 2.05) is 0 Å². The van der Waals surface area contributed by atoms with Gasteiger partial charge in [0.15, 0.2) is 0 Å². The van der Waals surface area contributed by atoms with Gasteiger partial charge in [0.25, 0.3) is 0 Å². The van der Waals surface area contributed by atoms with E-state index in [2.05, 4.69) is 11.6 Å². The first kappa shape index (κ1) is 12.2. The Morgan fingerprint density at radius 1 is 1.38 bits per heavy atom. The van der Waals surface area contributed by atoms with Crippen molar-refractivity contribution in [1.82, 2.24) is 0 Å². The van der Waals surface area contributed by atoms with Crippen molar-refractivity contribution in [1.29, 1.82) is 0 Å². The monoisotopic (exact) mass is 203 g/mol. The fraction of sp³-hybridized carbons (Fsp3) is 0.571. The summed E-state index contributed by atoms with van der Waals surface area (Å²) >= 11 is 0. The number of hydrogen-bond acceptors (Lipinski definition) is 5. The van der Waals surface area contributed by atoms with E-state index in [4.69, 9.17) is 13.3 Å². The van der Waals surface area contributed by atoms with Crippen LogP contribution >= 0.6 is 0 Å². The van der Waals surface area contributed by atoms with Crippen LogP contribution in [0.1, 0.15) is 0 Å². The Hall–Kier alpha value is -0.783. The second kappa shape index (κ2) is 5.79. The SMILES string of the molecule is C=C(CN=C=O)[Si](OC)(OC)OC. The van der Waals surface area contributed by atoms with Crippen molar-refractivity contribution in [3.8, 4) is 0 Å². The molecule has 0 aliphatic heterocycles. The molecule has 74 valence electrons. The van der Waals surface area contributed by atoms with Crippen molar-refractivity contribution in [2.45, 2.75) is 0 Å². The number of nitrogens with zero attached hydrogens (tertiary/aromatic N) is 1. The molecule has 0 aromatic heterocycles. The second-order valence-electron chi connectivity index (χ2n) is 2.18. The minimum atomic E-state index is -2.83. The van der Waals surface area contributed by atoms with E-state index in [0.717, 1.165) is 0 Å². The molecule has 0 saturated heterocycles. The Morgan fingerprint density at radius 2 is 1.85 bits per heavy atom. The summed E-state index contributed by atoms with van der Waals surface area (Å²) in [6.07, 6.45) is 1.41. The maximum atomic E-state index is 9.86. The average Bonchev–Trinajstić information content (AvgIpc) is 2.18. The summed E-state index contributed by atoms with van der Waals surface area (Å²) in [6, 6.07) is 0. The van der Waals surface area contributed by atoms with Crippen LogP contribution in [0.25, 0.3) is 0 Å². The van der Waals surface area contributed by atoms with Crippen LogP contribution in [-0.2, 0) is 18.1 Å². The van der Waals surface area contributed by atoms with E-state index in [-0.39, 0.29) is 6.54 Å². The third kappa shape index (κ3) is 2.87.